The Morgan fingerprint density at radius 3 is 2.53 bits per heavy atom. The Morgan fingerprint density at radius 1 is 1.32 bits per heavy atom. The zero-order valence-electron chi connectivity index (χ0n) is 11.1. The highest BCUT2D eigenvalue weighted by molar-refractivity contribution is 9.10. The lowest BCUT2D eigenvalue weighted by Gasteiger charge is -2.17. The van der Waals surface area contributed by atoms with Crippen molar-refractivity contribution in [2.45, 2.75) is 32.1 Å². The fourth-order valence-electron chi connectivity index (χ4n) is 1.34. The summed E-state index contributed by atoms with van der Waals surface area (Å²) in [6.07, 6.45) is 0. The average molecular weight is 370 g/mol. The number of nitrogens with one attached hydrogen (secondary N) is 2. The van der Waals surface area contributed by atoms with Gasteiger partial charge in [-0.1, -0.05) is 41.4 Å². The topological polar surface area (TPSA) is 58.2 Å². The highest BCUT2D eigenvalue weighted by atomic mass is 79.9. The van der Waals surface area contributed by atoms with Crippen LogP contribution in [0.3, 0.4) is 0 Å². The van der Waals surface area contributed by atoms with Gasteiger partial charge in [-0.3, -0.25) is 4.72 Å². The molecule has 108 valence electrons. The molecule has 1 unspecified atom stereocenters. The molecule has 2 N–H and O–H groups in total. The van der Waals surface area contributed by atoms with E-state index < -0.39 is 15.3 Å². The van der Waals surface area contributed by atoms with Gasteiger partial charge in [-0.2, -0.15) is 0 Å². The summed E-state index contributed by atoms with van der Waals surface area (Å²) < 4.78 is 27.6. The second kappa shape index (κ2) is 6.92. The van der Waals surface area contributed by atoms with E-state index in [0.29, 0.717) is 17.3 Å². The van der Waals surface area contributed by atoms with E-state index in [1.54, 1.807) is 25.1 Å². The van der Waals surface area contributed by atoms with Gasteiger partial charge in [0.05, 0.1) is 16.0 Å². The molecule has 7 heteroatoms. The maximum atomic E-state index is 12.2. The fraction of sp³-hybridized carbons (Fsp3) is 0.500. The summed E-state index contributed by atoms with van der Waals surface area (Å²) in [4.78, 5) is 0. The van der Waals surface area contributed by atoms with E-state index in [2.05, 4.69) is 26.0 Å². The average Bonchev–Trinajstić information content (AvgIpc) is 2.30. The van der Waals surface area contributed by atoms with Crippen molar-refractivity contribution in [1.82, 2.24) is 5.32 Å². The number of anilines is 1. The molecule has 0 amide bonds. The molecule has 0 fully saturated rings. The zero-order valence-corrected chi connectivity index (χ0v) is 14.2. The molecule has 1 aromatic carbocycles. The third-order valence-corrected chi connectivity index (χ3v) is 5.08. The molecule has 0 spiro atoms. The first-order chi connectivity index (χ1) is 8.72. The third kappa shape index (κ3) is 5.30. The highest BCUT2D eigenvalue weighted by Crippen LogP contribution is 2.27. The Morgan fingerprint density at radius 2 is 1.95 bits per heavy atom. The Labute approximate surface area is 128 Å². The van der Waals surface area contributed by atoms with Crippen LogP contribution in [0.15, 0.2) is 22.7 Å². The minimum absolute atomic E-state index is 0.243. The van der Waals surface area contributed by atoms with Gasteiger partial charge < -0.3 is 5.32 Å². The van der Waals surface area contributed by atoms with Crippen LogP contribution in [-0.2, 0) is 10.0 Å². The van der Waals surface area contributed by atoms with Crippen molar-refractivity contribution in [2.24, 2.45) is 0 Å². The quantitative estimate of drug-likeness (QED) is 0.809. The molecule has 0 heterocycles. The lowest BCUT2D eigenvalue weighted by molar-refractivity contribution is 0.553. The number of sulfonamides is 1. The van der Waals surface area contributed by atoms with Gasteiger partial charge in [0.25, 0.3) is 0 Å². The third-order valence-electron chi connectivity index (χ3n) is 2.52. The maximum Gasteiger partial charge on any atom is 0.236 e. The van der Waals surface area contributed by atoms with Crippen LogP contribution in [0.4, 0.5) is 5.69 Å². The van der Waals surface area contributed by atoms with Crippen molar-refractivity contribution in [3.63, 3.8) is 0 Å². The Bertz CT molecular complexity index is 535. The first-order valence-electron chi connectivity index (χ1n) is 5.92. The van der Waals surface area contributed by atoms with E-state index in [4.69, 9.17) is 11.6 Å². The van der Waals surface area contributed by atoms with Gasteiger partial charge in [0.15, 0.2) is 0 Å². The number of benzene rings is 1. The largest absolute Gasteiger partial charge is 0.313 e. The number of halogens is 2. The molecule has 1 rings (SSSR count). The van der Waals surface area contributed by atoms with Crippen molar-refractivity contribution in [3.05, 3.63) is 27.7 Å². The molecule has 19 heavy (non-hydrogen) atoms. The van der Waals surface area contributed by atoms with E-state index in [9.17, 15) is 8.42 Å². The van der Waals surface area contributed by atoms with Crippen LogP contribution >= 0.6 is 27.5 Å². The highest BCUT2D eigenvalue weighted by Gasteiger charge is 2.21. The van der Waals surface area contributed by atoms with Gasteiger partial charge >= 0.3 is 0 Å². The van der Waals surface area contributed by atoms with Gasteiger partial charge in [-0.15, -0.1) is 0 Å². The SMILES string of the molecule is CC(C)NCC(C)S(=O)(=O)Nc1cc(Br)ccc1Cl. The number of hydrogen-bond donors (Lipinski definition) is 2. The molecule has 0 saturated heterocycles. The Hall–Kier alpha value is -0.300. The van der Waals surface area contributed by atoms with Crippen LogP contribution in [0.2, 0.25) is 5.02 Å². The van der Waals surface area contributed by atoms with Crippen molar-refractivity contribution in [1.29, 1.82) is 0 Å². The molecule has 0 aliphatic carbocycles. The van der Waals surface area contributed by atoms with Crippen molar-refractivity contribution >= 4 is 43.2 Å². The van der Waals surface area contributed by atoms with Crippen LogP contribution < -0.4 is 10.0 Å². The van der Waals surface area contributed by atoms with E-state index in [-0.39, 0.29) is 6.04 Å². The fourth-order valence-corrected chi connectivity index (χ4v) is 2.92. The van der Waals surface area contributed by atoms with Crippen molar-refractivity contribution < 1.29 is 8.42 Å². The van der Waals surface area contributed by atoms with E-state index in [1.165, 1.54) is 0 Å². The predicted molar refractivity (Wildman–Crippen MR) is 84.3 cm³/mol. The molecule has 0 aromatic heterocycles. The molecule has 0 aliphatic heterocycles. The van der Waals surface area contributed by atoms with Gasteiger partial charge in [-0.25, -0.2) is 8.42 Å². The lowest BCUT2D eigenvalue weighted by atomic mass is 10.3. The summed E-state index contributed by atoms with van der Waals surface area (Å²) in [6.45, 7) is 5.98. The predicted octanol–water partition coefficient (Wildman–Crippen LogP) is 3.23. The van der Waals surface area contributed by atoms with Crippen LogP contribution in [0.1, 0.15) is 20.8 Å². The Balaban J connectivity index is 2.81. The van der Waals surface area contributed by atoms with Gasteiger partial charge in [0, 0.05) is 17.1 Å². The van der Waals surface area contributed by atoms with Gasteiger partial charge in [-0.05, 0) is 25.1 Å². The first kappa shape index (κ1) is 16.8. The monoisotopic (exact) mass is 368 g/mol. The normalized spacial score (nSPS) is 13.6. The second-order valence-electron chi connectivity index (χ2n) is 4.64. The van der Waals surface area contributed by atoms with Crippen molar-refractivity contribution in [3.8, 4) is 0 Å². The van der Waals surface area contributed by atoms with Crippen LogP contribution in [0, 0.1) is 0 Å². The Kier molecular flexibility index (Phi) is 6.11. The van der Waals surface area contributed by atoms with E-state index in [1.807, 2.05) is 13.8 Å². The summed E-state index contributed by atoms with van der Waals surface area (Å²) >= 11 is 9.26. The molecule has 0 saturated carbocycles. The van der Waals surface area contributed by atoms with Crippen LogP contribution in [0.5, 0.6) is 0 Å². The van der Waals surface area contributed by atoms with Gasteiger partial charge in [0.2, 0.25) is 10.0 Å². The van der Waals surface area contributed by atoms with Crippen molar-refractivity contribution in [2.75, 3.05) is 11.3 Å². The lowest BCUT2D eigenvalue weighted by Crippen LogP contribution is -2.37. The molecule has 0 radical (unpaired) electrons. The molecular weight excluding hydrogens is 352 g/mol. The first-order valence-corrected chi connectivity index (χ1v) is 8.64. The molecule has 4 nitrogen and oxygen atoms in total. The molecule has 1 aromatic rings. The summed E-state index contributed by atoms with van der Waals surface area (Å²) in [5.74, 6) is 0. The van der Waals surface area contributed by atoms with E-state index in [0.717, 1.165) is 4.47 Å². The minimum atomic E-state index is -3.47. The molecular formula is C12H18BrClN2O2S. The summed E-state index contributed by atoms with van der Waals surface area (Å²) in [6, 6.07) is 5.28. The zero-order chi connectivity index (χ0) is 14.6. The summed E-state index contributed by atoms with van der Waals surface area (Å²) in [5, 5.41) is 2.92. The smallest absolute Gasteiger partial charge is 0.236 e. The molecule has 0 bridgehead atoms. The maximum absolute atomic E-state index is 12.2. The van der Waals surface area contributed by atoms with Crippen LogP contribution in [-0.4, -0.2) is 26.3 Å². The number of rotatable bonds is 6. The minimum Gasteiger partial charge on any atom is -0.313 e. The molecule has 0 aliphatic rings. The summed E-state index contributed by atoms with van der Waals surface area (Å²) in [7, 11) is -3.47. The standard InChI is InChI=1S/C12H18BrClN2O2S/c1-8(2)15-7-9(3)19(17,18)16-12-6-10(13)4-5-11(12)14/h4-6,8-9,15-16H,7H2,1-3H3. The van der Waals surface area contributed by atoms with E-state index >= 15 is 0 Å². The number of hydrogen-bond acceptors (Lipinski definition) is 3. The molecule has 1 atom stereocenters. The van der Waals surface area contributed by atoms with Crippen LogP contribution in [0.25, 0.3) is 0 Å². The second-order valence-corrected chi connectivity index (χ2v) is 8.07. The summed E-state index contributed by atoms with van der Waals surface area (Å²) in [5.41, 5.74) is 0.382. The van der Waals surface area contributed by atoms with Gasteiger partial charge in [0.1, 0.15) is 0 Å².